The molecule has 0 aliphatic rings. The van der Waals surface area contributed by atoms with Gasteiger partial charge in [-0.1, -0.05) is 17.4 Å². The van der Waals surface area contributed by atoms with Gasteiger partial charge in [0.25, 0.3) is 5.60 Å². The molecule has 0 saturated carbocycles. The number of hydrogen-bond donors (Lipinski definition) is 3. The van der Waals surface area contributed by atoms with E-state index in [4.69, 9.17) is 0 Å². The molecule has 0 unspecified atom stereocenters. The van der Waals surface area contributed by atoms with E-state index in [-0.39, 0.29) is 22.0 Å². The largest absolute Gasteiger partial charge is 0.463 e. The van der Waals surface area contributed by atoms with E-state index >= 15 is 0 Å². The first-order chi connectivity index (χ1) is 14.5. The standard InChI is InChI=1S/C19H15F4N3O4S/c1-2-30-15(27)18(29,19(21,22)23)10-3-8-13-14(9-10)31-17(25-13)26-16(28)24-12-6-4-11(20)5-7-12/h3-9,29H,2H2,1H3,(H2,24,25,26,28)/t18-/m0/s1. The molecular formula is C19H15F4N3O4S. The van der Waals surface area contributed by atoms with Crippen molar-refractivity contribution in [3.8, 4) is 0 Å². The Morgan fingerprint density at radius 2 is 1.81 bits per heavy atom. The second-order valence-electron chi connectivity index (χ2n) is 6.22. The molecule has 164 valence electrons. The lowest BCUT2D eigenvalue weighted by molar-refractivity contribution is -0.267. The number of esters is 1. The van der Waals surface area contributed by atoms with E-state index in [1.165, 1.54) is 25.1 Å². The molecule has 0 spiro atoms. The topological polar surface area (TPSA) is 101 Å². The summed E-state index contributed by atoms with van der Waals surface area (Å²) >= 11 is 0.831. The summed E-state index contributed by atoms with van der Waals surface area (Å²) in [6.45, 7) is 0.966. The van der Waals surface area contributed by atoms with Crippen molar-refractivity contribution in [2.24, 2.45) is 0 Å². The number of aromatic nitrogens is 1. The van der Waals surface area contributed by atoms with Crippen LogP contribution in [-0.2, 0) is 15.1 Å². The number of urea groups is 1. The van der Waals surface area contributed by atoms with Crippen molar-refractivity contribution >= 4 is 44.4 Å². The van der Waals surface area contributed by atoms with Crippen LogP contribution in [-0.4, -0.2) is 34.9 Å². The lowest BCUT2D eigenvalue weighted by Gasteiger charge is -2.28. The van der Waals surface area contributed by atoms with Gasteiger partial charge in [-0.05, 0) is 43.3 Å². The first-order valence-electron chi connectivity index (χ1n) is 8.75. The highest BCUT2D eigenvalue weighted by molar-refractivity contribution is 7.22. The van der Waals surface area contributed by atoms with E-state index in [0.29, 0.717) is 5.69 Å². The number of anilines is 2. The molecule has 7 nitrogen and oxygen atoms in total. The summed E-state index contributed by atoms with van der Waals surface area (Å²) in [5.74, 6) is -2.32. The van der Waals surface area contributed by atoms with E-state index in [1.54, 1.807) is 0 Å². The van der Waals surface area contributed by atoms with Crippen LogP contribution < -0.4 is 10.6 Å². The molecule has 2 amide bonds. The Balaban J connectivity index is 1.86. The summed E-state index contributed by atoms with van der Waals surface area (Å²) in [6, 6.07) is 7.33. The van der Waals surface area contributed by atoms with Gasteiger partial charge in [-0.15, -0.1) is 0 Å². The van der Waals surface area contributed by atoms with Crippen LogP contribution in [0.1, 0.15) is 12.5 Å². The van der Waals surface area contributed by atoms with Gasteiger partial charge < -0.3 is 15.2 Å². The predicted molar refractivity (Wildman–Crippen MR) is 105 cm³/mol. The highest BCUT2D eigenvalue weighted by atomic mass is 32.1. The Morgan fingerprint density at radius 1 is 1.13 bits per heavy atom. The smallest absolute Gasteiger partial charge is 0.432 e. The van der Waals surface area contributed by atoms with Gasteiger partial charge in [-0.3, -0.25) is 5.32 Å². The zero-order chi connectivity index (χ0) is 22.8. The van der Waals surface area contributed by atoms with E-state index in [0.717, 1.165) is 35.6 Å². The average Bonchev–Trinajstić information content (AvgIpc) is 3.09. The second kappa shape index (κ2) is 8.47. The number of nitrogens with one attached hydrogen (secondary N) is 2. The van der Waals surface area contributed by atoms with Crippen LogP contribution in [0, 0.1) is 5.82 Å². The summed E-state index contributed by atoms with van der Waals surface area (Å²) in [5, 5.41) is 15.1. The minimum Gasteiger partial charge on any atom is -0.463 e. The third-order valence-electron chi connectivity index (χ3n) is 4.11. The van der Waals surface area contributed by atoms with Crippen molar-refractivity contribution < 1.29 is 37.0 Å². The van der Waals surface area contributed by atoms with Gasteiger partial charge in [0, 0.05) is 11.3 Å². The third kappa shape index (κ3) is 4.59. The highest BCUT2D eigenvalue weighted by Gasteiger charge is 2.62. The van der Waals surface area contributed by atoms with E-state index < -0.39 is 35.2 Å². The summed E-state index contributed by atoms with van der Waals surface area (Å²) in [5.41, 5.74) is -4.04. The zero-order valence-electron chi connectivity index (χ0n) is 15.8. The van der Waals surface area contributed by atoms with Crippen molar-refractivity contribution in [1.82, 2.24) is 4.98 Å². The maximum atomic E-state index is 13.5. The molecule has 3 aromatic rings. The molecular weight excluding hydrogens is 442 g/mol. The number of alkyl halides is 3. The molecule has 31 heavy (non-hydrogen) atoms. The maximum absolute atomic E-state index is 13.5. The Bertz CT molecular complexity index is 1120. The molecule has 1 aromatic heterocycles. The number of ether oxygens (including phenoxy) is 1. The van der Waals surface area contributed by atoms with Crippen LogP contribution >= 0.6 is 11.3 Å². The minimum absolute atomic E-state index is 0.0541. The number of thiazole rings is 1. The Kier molecular flexibility index (Phi) is 6.13. The van der Waals surface area contributed by atoms with E-state index in [9.17, 15) is 32.3 Å². The first-order valence-corrected chi connectivity index (χ1v) is 9.57. The number of halogens is 4. The number of hydrogen-bond acceptors (Lipinski definition) is 6. The van der Waals surface area contributed by atoms with Crippen LogP contribution in [0.25, 0.3) is 10.2 Å². The van der Waals surface area contributed by atoms with Crippen LogP contribution in [0.2, 0.25) is 0 Å². The van der Waals surface area contributed by atoms with E-state index in [2.05, 4.69) is 20.4 Å². The van der Waals surface area contributed by atoms with Crippen molar-refractivity contribution in [2.45, 2.75) is 18.7 Å². The molecule has 1 atom stereocenters. The van der Waals surface area contributed by atoms with E-state index in [1.807, 2.05) is 0 Å². The second-order valence-corrected chi connectivity index (χ2v) is 7.25. The molecule has 12 heteroatoms. The van der Waals surface area contributed by atoms with Crippen LogP contribution in [0.5, 0.6) is 0 Å². The molecule has 1 heterocycles. The number of carbonyl (C=O) groups is 2. The zero-order valence-corrected chi connectivity index (χ0v) is 16.6. The summed E-state index contributed by atoms with van der Waals surface area (Å²) in [7, 11) is 0. The molecule has 3 rings (SSSR count). The SMILES string of the molecule is CCOC(=O)[C@@](O)(c1ccc2nc(NC(=O)Nc3ccc(F)cc3)sc2c1)C(F)(F)F. The number of fused-ring (bicyclic) bond motifs is 1. The van der Waals surface area contributed by atoms with Gasteiger partial charge in [0.2, 0.25) is 0 Å². The molecule has 3 N–H and O–H groups in total. The molecule has 0 radical (unpaired) electrons. The van der Waals surface area contributed by atoms with Crippen molar-refractivity contribution in [1.29, 1.82) is 0 Å². The van der Waals surface area contributed by atoms with Gasteiger partial charge in [0.05, 0.1) is 16.8 Å². The van der Waals surface area contributed by atoms with Crippen molar-refractivity contribution in [3.05, 3.63) is 53.8 Å². The monoisotopic (exact) mass is 457 g/mol. The van der Waals surface area contributed by atoms with Crippen molar-refractivity contribution in [3.63, 3.8) is 0 Å². The van der Waals surface area contributed by atoms with Gasteiger partial charge in [0.1, 0.15) is 5.82 Å². The quantitative estimate of drug-likeness (QED) is 0.390. The van der Waals surface area contributed by atoms with Crippen LogP contribution in [0.3, 0.4) is 0 Å². The van der Waals surface area contributed by atoms with Crippen LogP contribution in [0.15, 0.2) is 42.5 Å². The molecule has 0 fully saturated rings. The van der Waals surface area contributed by atoms with Crippen molar-refractivity contribution in [2.75, 3.05) is 17.2 Å². The molecule has 0 aliphatic heterocycles. The predicted octanol–water partition coefficient (Wildman–Crippen LogP) is 4.39. The molecule has 0 bridgehead atoms. The van der Waals surface area contributed by atoms with Gasteiger partial charge >= 0.3 is 18.2 Å². The minimum atomic E-state index is -5.33. The van der Waals surface area contributed by atoms with Gasteiger partial charge in [-0.25, -0.2) is 19.0 Å². The average molecular weight is 457 g/mol. The number of amides is 2. The normalized spacial score (nSPS) is 13.5. The Morgan fingerprint density at radius 3 is 2.42 bits per heavy atom. The highest BCUT2D eigenvalue weighted by Crippen LogP contribution is 2.41. The molecule has 0 saturated heterocycles. The number of nitrogens with zero attached hydrogens (tertiary/aromatic N) is 1. The number of benzene rings is 2. The summed E-state index contributed by atoms with van der Waals surface area (Å²) < 4.78 is 58.1. The maximum Gasteiger partial charge on any atom is 0.432 e. The fraction of sp³-hybridized carbons (Fsp3) is 0.211. The molecule has 0 aliphatic carbocycles. The van der Waals surface area contributed by atoms with Gasteiger partial charge in [0.15, 0.2) is 5.13 Å². The molecule has 2 aromatic carbocycles. The van der Waals surface area contributed by atoms with Gasteiger partial charge in [-0.2, -0.15) is 13.2 Å². The number of aliphatic hydroxyl groups is 1. The first kappa shape index (κ1) is 22.4. The Labute approximate surface area is 176 Å². The fourth-order valence-corrected chi connectivity index (χ4v) is 3.53. The summed E-state index contributed by atoms with van der Waals surface area (Å²) in [6.07, 6.45) is -5.33. The van der Waals surface area contributed by atoms with Crippen LogP contribution in [0.4, 0.5) is 33.2 Å². The number of rotatable bonds is 5. The fourth-order valence-electron chi connectivity index (χ4n) is 2.63. The summed E-state index contributed by atoms with van der Waals surface area (Å²) in [4.78, 5) is 28.0. The lowest BCUT2D eigenvalue weighted by atomic mass is 9.93. The Hall–Kier alpha value is -3.25. The third-order valence-corrected chi connectivity index (χ3v) is 5.04. The lowest BCUT2D eigenvalue weighted by Crippen LogP contribution is -2.50. The number of carbonyl (C=O) groups excluding carboxylic acids is 2.